The zero-order valence-corrected chi connectivity index (χ0v) is 10.1. The van der Waals surface area contributed by atoms with E-state index >= 15 is 0 Å². The molecule has 0 amide bonds. The minimum Gasteiger partial charge on any atom is -0.464 e. The molecule has 0 unspecified atom stereocenters. The first kappa shape index (κ1) is 12.4. The first-order chi connectivity index (χ1) is 8.63. The van der Waals surface area contributed by atoms with Crippen LogP contribution in [-0.4, -0.2) is 23.0 Å². The summed E-state index contributed by atoms with van der Waals surface area (Å²) in [4.78, 5) is 19.5. The highest BCUT2D eigenvalue weighted by atomic mass is 35.5. The van der Waals surface area contributed by atoms with Gasteiger partial charge < -0.3 is 4.74 Å². The van der Waals surface area contributed by atoms with Gasteiger partial charge in [0.25, 0.3) is 0 Å². The van der Waals surface area contributed by atoms with Crippen LogP contribution in [0.15, 0.2) is 30.6 Å². The number of carbonyl (C=O) groups excluding carboxylic acids is 1. The van der Waals surface area contributed by atoms with Crippen molar-refractivity contribution in [2.45, 2.75) is 0 Å². The number of methoxy groups -OCH3 is 1. The molecule has 6 heteroatoms. The quantitative estimate of drug-likeness (QED) is 0.784. The van der Waals surface area contributed by atoms with Crippen LogP contribution in [0.5, 0.6) is 0 Å². The molecule has 4 nitrogen and oxygen atoms in total. The Morgan fingerprint density at radius 3 is 2.72 bits per heavy atom. The Kier molecular flexibility index (Phi) is 3.53. The monoisotopic (exact) mass is 266 g/mol. The highest BCUT2D eigenvalue weighted by molar-refractivity contribution is 6.33. The first-order valence-electron chi connectivity index (χ1n) is 4.98. The highest BCUT2D eigenvalue weighted by Crippen LogP contribution is 2.28. The van der Waals surface area contributed by atoms with E-state index in [0.717, 1.165) is 6.07 Å². The van der Waals surface area contributed by atoms with Gasteiger partial charge in [0, 0.05) is 18.0 Å². The minimum absolute atomic E-state index is 0.0357. The molecule has 0 saturated carbocycles. The normalized spacial score (nSPS) is 10.2. The zero-order valence-electron chi connectivity index (χ0n) is 9.35. The van der Waals surface area contributed by atoms with Gasteiger partial charge in [-0.1, -0.05) is 11.6 Å². The SMILES string of the molecule is COC(=O)c1nccnc1-c1ccc(F)cc1Cl. The number of esters is 1. The van der Waals surface area contributed by atoms with Gasteiger partial charge in [0.2, 0.25) is 0 Å². The third-order valence-corrected chi connectivity index (χ3v) is 2.58. The number of benzene rings is 1. The van der Waals surface area contributed by atoms with Gasteiger partial charge in [0.05, 0.1) is 12.1 Å². The Morgan fingerprint density at radius 1 is 1.33 bits per heavy atom. The van der Waals surface area contributed by atoms with E-state index in [1.807, 2.05) is 0 Å². The lowest BCUT2D eigenvalue weighted by molar-refractivity contribution is 0.0594. The van der Waals surface area contributed by atoms with Gasteiger partial charge >= 0.3 is 5.97 Å². The first-order valence-corrected chi connectivity index (χ1v) is 5.36. The third-order valence-electron chi connectivity index (χ3n) is 2.26. The summed E-state index contributed by atoms with van der Waals surface area (Å²) in [6.45, 7) is 0. The summed E-state index contributed by atoms with van der Waals surface area (Å²) < 4.78 is 17.6. The van der Waals surface area contributed by atoms with Crippen LogP contribution in [-0.2, 0) is 4.74 Å². The zero-order chi connectivity index (χ0) is 13.1. The fourth-order valence-electron chi connectivity index (χ4n) is 1.46. The summed E-state index contributed by atoms with van der Waals surface area (Å²) in [6, 6.07) is 3.82. The molecule has 92 valence electrons. The average molecular weight is 267 g/mol. The second-order valence-electron chi connectivity index (χ2n) is 3.37. The number of ether oxygens (including phenoxy) is 1. The molecule has 0 saturated heterocycles. The molecular weight excluding hydrogens is 259 g/mol. The molecule has 2 aromatic rings. The smallest absolute Gasteiger partial charge is 0.358 e. The molecule has 1 aromatic heterocycles. The molecule has 0 spiro atoms. The van der Waals surface area contributed by atoms with Gasteiger partial charge in [-0.05, 0) is 18.2 Å². The fraction of sp³-hybridized carbons (Fsp3) is 0.0833. The van der Waals surface area contributed by atoms with Gasteiger partial charge in [-0.15, -0.1) is 0 Å². The van der Waals surface area contributed by atoms with Crippen molar-refractivity contribution in [1.29, 1.82) is 0 Å². The third kappa shape index (κ3) is 2.31. The van der Waals surface area contributed by atoms with Gasteiger partial charge in [-0.3, -0.25) is 4.98 Å². The Bertz CT molecular complexity index is 604. The van der Waals surface area contributed by atoms with Crippen molar-refractivity contribution in [3.05, 3.63) is 47.1 Å². The van der Waals surface area contributed by atoms with Gasteiger partial charge in [-0.25, -0.2) is 14.2 Å². The summed E-state index contributed by atoms with van der Waals surface area (Å²) in [7, 11) is 1.24. The molecule has 0 bridgehead atoms. The number of aromatic nitrogens is 2. The van der Waals surface area contributed by atoms with E-state index in [1.54, 1.807) is 0 Å². The van der Waals surface area contributed by atoms with Crippen LogP contribution in [0.2, 0.25) is 5.02 Å². The Hall–Kier alpha value is -2.01. The van der Waals surface area contributed by atoms with Crippen molar-refractivity contribution < 1.29 is 13.9 Å². The fourth-order valence-corrected chi connectivity index (χ4v) is 1.72. The molecule has 18 heavy (non-hydrogen) atoms. The second-order valence-corrected chi connectivity index (χ2v) is 3.78. The van der Waals surface area contributed by atoms with E-state index in [9.17, 15) is 9.18 Å². The molecule has 1 heterocycles. The lowest BCUT2D eigenvalue weighted by atomic mass is 10.1. The van der Waals surface area contributed by atoms with Gasteiger partial charge in [-0.2, -0.15) is 0 Å². The van der Waals surface area contributed by atoms with Crippen molar-refractivity contribution in [2.75, 3.05) is 7.11 Å². The van der Waals surface area contributed by atoms with Crippen LogP contribution in [0, 0.1) is 5.82 Å². The summed E-state index contributed by atoms with van der Waals surface area (Å²) in [6.07, 6.45) is 2.79. The predicted molar refractivity (Wildman–Crippen MR) is 63.8 cm³/mol. The van der Waals surface area contributed by atoms with E-state index in [2.05, 4.69) is 14.7 Å². The number of hydrogen-bond donors (Lipinski definition) is 0. The Morgan fingerprint density at radius 2 is 2.06 bits per heavy atom. The van der Waals surface area contributed by atoms with E-state index in [4.69, 9.17) is 11.6 Å². The van der Waals surface area contributed by atoms with Crippen LogP contribution in [0.1, 0.15) is 10.5 Å². The lowest BCUT2D eigenvalue weighted by Crippen LogP contribution is -2.07. The minimum atomic E-state index is -0.626. The highest BCUT2D eigenvalue weighted by Gasteiger charge is 2.18. The molecule has 2 rings (SSSR count). The molecule has 1 aromatic carbocycles. The average Bonchev–Trinajstić information content (AvgIpc) is 2.38. The van der Waals surface area contributed by atoms with E-state index in [-0.39, 0.29) is 16.4 Å². The largest absolute Gasteiger partial charge is 0.464 e. The molecule has 0 aliphatic heterocycles. The Labute approximate surface area is 107 Å². The number of nitrogens with zero attached hydrogens (tertiary/aromatic N) is 2. The van der Waals surface area contributed by atoms with Crippen LogP contribution < -0.4 is 0 Å². The van der Waals surface area contributed by atoms with E-state index in [1.165, 1.54) is 31.6 Å². The summed E-state index contributed by atoms with van der Waals surface area (Å²) >= 11 is 5.92. The number of rotatable bonds is 2. The summed E-state index contributed by atoms with van der Waals surface area (Å²) in [5.74, 6) is -1.09. The molecule has 0 aliphatic carbocycles. The van der Waals surface area contributed by atoms with Crippen LogP contribution in [0.3, 0.4) is 0 Å². The maximum Gasteiger partial charge on any atom is 0.358 e. The number of carbonyl (C=O) groups is 1. The molecule has 0 fully saturated rings. The van der Waals surface area contributed by atoms with Crippen molar-refractivity contribution >= 4 is 17.6 Å². The maximum absolute atomic E-state index is 13.0. The number of hydrogen-bond acceptors (Lipinski definition) is 4. The second kappa shape index (κ2) is 5.10. The topological polar surface area (TPSA) is 52.1 Å². The molecule has 0 aliphatic rings. The van der Waals surface area contributed by atoms with Crippen molar-refractivity contribution in [2.24, 2.45) is 0 Å². The maximum atomic E-state index is 13.0. The predicted octanol–water partition coefficient (Wildman–Crippen LogP) is 2.72. The summed E-state index contributed by atoms with van der Waals surface area (Å²) in [5, 5.41) is 0.153. The Balaban J connectivity index is 2.60. The van der Waals surface area contributed by atoms with Crippen LogP contribution in [0.4, 0.5) is 4.39 Å². The molecular formula is C12H8ClFN2O2. The van der Waals surface area contributed by atoms with E-state index < -0.39 is 11.8 Å². The van der Waals surface area contributed by atoms with Gasteiger partial charge in [0.1, 0.15) is 11.5 Å². The van der Waals surface area contributed by atoms with Crippen molar-refractivity contribution in [3.63, 3.8) is 0 Å². The summed E-state index contributed by atoms with van der Waals surface area (Å²) in [5.41, 5.74) is 0.717. The molecule has 0 atom stereocenters. The van der Waals surface area contributed by atoms with Crippen molar-refractivity contribution in [3.8, 4) is 11.3 Å². The van der Waals surface area contributed by atoms with Crippen LogP contribution >= 0.6 is 11.6 Å². The van der Waals surface area contributed by atoms with Crippen LogP contribution in [0.25, 0.3) is 11.3 Å². The molecule has 0 N–H and O–H groups in total. The lowest BCUT2D eigenvalue weighted by Gasteiger charge is -2.07. The van der Waals surface area contributed by atoms with E-state index in [0.29, 0.717) is 5.56 Å². The van der Waals surface area contributed by atoms with Crippen molar-refractivity contribution in [1.82, 2.24) is 9.97 Å². The van der Waals surface area contributed by atoms with Gasteiger partial charge in [0.15, 0.2) is 5.69 Å². The standard InChI is InChI=1S/C12H8ClFN2O2/c1-18-12(17)11-10(15-4-5-16-11)8-3-2-7(14)6-9(8)13/h2-6H,1H3. The number of halogens is 2. The molecule has 0 radical (unpaired) electrons.